The van der Waals surface area contributed by atoms with Crippen molar-refractivity contribution in [2.45, 2.75) is 19.5 Å². The summed E-state index contributed by atoms with van der Waals surface area (Å²) in [6, 6.07) is 3.01. The molecule has 1 heterocycles. The number of nitrogens with one attached hydrogen (secondary N) is 1. The monoisotopic (exact) mass is 389 g/mol. The molecule has 1 saturated heterocycles. The highest BCUT2D eigenvalue weighted by Gasteiger charge is 2.34. The Morgan fingerprint density at radius 1 is 1.37 bits per heavy atom. The lowest BCUT2D eigenvalue weighted by atomic mass is 9.90. The summed E-state index contributed by atoms with van der Waals surface area (Å²) < 4.78 is 49.3. The Morgan fingerprint density at radius 2 is 2.11 bits per heavy atom. The van der Waals surface area contributed by atoms with Gasteiger partial charge in [0.25, 0.3) is 0 Å². The van der Waals surface area contributed by atoms with E-state index in [1.807, 2.05) is 4.90 Å². The fourth-order valence-corrected chi connectivity index (χ4v) is 2.99. The second-order valence-corrected chi connectivity index (χ2v) is 7.07. The molecule has 1 aliphatic heterocycles. The number of methoxy groups -OCH3 is 1. The van der Waals surface area contributed by atoms with Gasteiger partial charge in [-0.25, -0.2) is 0 Å². The smallest absolute Gasteiger partial charge is 0.416 e. The maximum Gasteiger partial charge on any atom is 0.416 e. The average Bonchev–Trinajstić information content (AvgIpc) is 2.97. The second kappa shape index (κ2) is 8.90. The van der Waals surface area contributed by atoms with Crippen LogP contribution in [0.2, 0.25) is 0 Å². The molecule has 0 saturated carbocycles. The molecule has 152 valence electrons. The van der Waals surface area contributed by atoms with Crippen LogP contribution in [0.15, 0.2) is 18.2 Å². The maximum absolute atomic E-state index is 13.0. The molecule has 1 atom stereocenters. The Kier molecular flexibility index (Phi) is 7.07. The zero-order valence-corrected chi connectivity index (χ0v) is 15.6. The molecule has 1 aromatic rings. The van der Waals surface area contributed by atoms with Gasteiger partial charge in [0, 0.05) is 13.7 Å². The Labute approximate surface area is 156 Å². The van der Waals surface area contributed by atoms with Crippen molar-refractivity contribution in [3.8, 4) is 5.75 Å². The zero-order chi connectivity index (χ0) is 20.1. The Hall–Kier alpha value is -1.84. The highest BCUT2D eigenvalue weighted by atomic mass is 19.4. The third-order valence-electron chi connectivity index (χ3n) is 4.62. The number of amides is 1. The molecule has 1 aliphatic rings. The summed E-state index contributed by atoms with van der Waals surface area (Å²) >= 11 is 0. The number of hydrogen-bond donors (Lipinski definition) is 2. The first-order valence-corrected chi connectivity index (χ1v) is 8.72. The quantitative estimate of drug-likeness (QED) is 0.668. The molecular formula is C18H26F3N3O3. The van der Waals surface area contributed by atoms with Gasteiger partial charge >= 0.3 is 6.18 Å². The first-order chi connectivity index (χ1) is 12.7. The topological polar surface area (TPSA) is 76.8 Å². The molecule has 1 fully saturated rings. The molecule has 9 heteroatoms. The van der Waals surface area contributed by atoms with Gasteiger partial charge < -0.3 is 20.5 Å². The van der Waals surface area contributed by atoms with Gasteiger partial charge in [0.15, 0.2) is 0 Å². The summed E-state index contributed by atoms with van der Waals surface area (Å²) in [5, 5.41) is 2.54. The molecule has 1 unspecified atom stereocenters. The van der Waals surface area contributed by atoms with E-state index < -0.39 is 17.6 Å². The highest BCUT2D eigenvalue weighted by Crippen LogP contribution is 2.35. The molecule has 6 nitrogen and oxygen atoms in total. The molecule has 0 aliphatic carbocycles. The summed E-state index contributed by atoms with van der Waals surface area (Å²) in [4.78, 5) is 14.3. The standard InChI is InChI=1S/C18H26F3N3O3/c1-17(11-22)5-6-24(12-17)10-16(25)23-14-9-13(18(19,20)21)3-4-15(14)27-8-7-26-2/h3-4,9H,5-8,10-12,22H2,1-2H3,(H,23,25). The molecule has 0 spiro atoms. The number of likely N-dealkylation sites (tertiary alicyclic amines) is 1. The normalized spacial score (nSPS) is 20.7. The molecular weight excluding hydrogens is 363 g/mol. The molecule has 0 radical (unpaired) electrons. The third-order valence-corrected chi connectivity index (χ3v) is 4.62. The fraction of sp³-hybridized carbons (Fsp3) is 0.611. The molecule has 27 heavy (non-hydrogen) atoms. The highest BCUT2D eigenvalue weighted by molar-refractivity contribution is 5.93. The van der Waals surface area contributed by atoms with Gasteiger partial charge in [0.05, 0.1) is 24.4 Å². The number of halogens is 3. The lowest BCUT2D eigenvalue weighted by Gasteiger charge is -2.22. The van der Waals surface area contributed by atoms with Crippen LogP contribution in [0, 0.1) is 5.41 Å². The van der Waals surface area contributed by atoms with Crippen LogP contribution in [-0.2, 0) is 15.7 Å². The number of rotatable bonds is 8. The summed E-state index contributed by atoms with van der Waals surface area (Å²) in [5.41, 5.74) is 4.86. The van der Waals surface area contributed by atoms with Crippen LogP contribution < -0.4 is 15.8 Å². The van der Waals surface area contributed by atoms with E-state index in [2.05, 4.69) is 12.2 Å². The van der Waals surface area contributed by atoms with Crippen LogP contribution in [0.5, 0.6) is 5.75 Å². The Bertz CT molecular complexity index is 654. The first kappa shape index (κ1) is 21.5. The van der Waals surface area contributed by atoms with Crippen LogP contribution in [0.4, 0.5) is 18.9 Å². The van der Waals surface area contributed by atoms with E-state index in [-0.39, 0.29) is 36.6 Å². The third kappa shape index (κ3) is 6.08. The molecule has 0 bridgehead atoms. The number of ether oxygens (including phenoxy) is 2. The number of carbonyl (C=O) groups excluding carboxylic acids is 1. The molecule has 2 rings (SSSR count). The van der Waals surface area contributed by atoms with Crippen LogP contribution in [-0.4, -0.2) is 57.3 Å². The lowest BCUT2D eigenvalue weighted by molar-refractivity contribution is -0.137. The van der Waals surface area contributed by atoms with Crippen molar-refractivity contribution in [1.82, 2.24) is 4.90 Å². The van der Waals surface area contributed by atoms with Crippen molar-refractivity contribution in [2.24, 2.45) is 11.1 Å². The Morgan fingerprint density at radius 3 is 2.70 bits per heavy atom. The van der Waals surface area contributed by atoms with E-state index in [1.165, 1.54) is 13.2 Å². The van der Waals surface area contributed by atoms with Crippen molar-refractivity contribution < 1.29 is 27.4 Å². The second-order valence-electron chi connectivity index (χ2n) is 7.07. The zero-order valence-electron chi connectivity index (χ0n) is 15.6. The lowest BCUT2D eigenvalue weighted by Crippen LogP contribution is -2.35. The number of nitrogens with two attached hydrogens (primary N) is 1. The summed E-state index contributed by atoms with van der Waals surface area (Å²) in [6.07, 6.45) is -3.63. The van der Waals surface area contributed by atoms with E-state index >= 15 is 0 Å². The van der Waals surface area contributed by atoms with Crippen molar-refractivity contribution >= 4 is 11.6 Å². The SMILES string of the molecule is COCCOc1ccc(C(F)(F)F)cc1NC(=O)CN1CCC(C)(CN)C1. The largest absolute Gasteiger partial charge is 0.489 e. The van der Waals surface area contributed by atoms with E-state index in [0.29, 0.717) is 13.1 Å². The van der Waals surface area contributed by atoms with Crippen molar-refractivity contribution in [3.05, 3.63) is 23.8 Å². The van der Waals surface area contributed by atoms with E-state index in [4.69, 9.17) is 15.2 Å². The van der Waals surface area contributed by atoms with Crippen LogP contribution in [0.1, 0.15) is 18.9 Å². The number of alkyl halides is 3. The van der Waals surface area contributed by atoms with Crippen LogP contribution in [0.3, 0.4) is 0 Å². The minimum absolute atomic E-state index is 0.00767. The van der Waals surface area contributed by atoms with Gasteiger partial charge in [-0.2, -0.15) is 13.2 Å². The van der Waals surface area contributed by atoms with Crippen LogP contribution in [0.25, 0.3) is 0 Å². The van der Waals surface area contributed by atoms with E-state index in [1.54, 1.807) is 0 Å². The average molecular weight is 389 g/mol. The van der Waals surface area contributed by atoms with Gasteiger partial charge in [-0.15, -0.1) is 0 Å². The number of anilines is 1. The predicted octanol–water partition coefficient (Wildman–Crippen LogP) is 2.34. The first-order valence-electron chi connectivity index (χ1n) is 8.72. The van der Waals surface area contributed by atoms with Gasteiger partial charge in [-0.1, -0.05) is 6.92 Å². The fourth-order valence-electron chi connectivity index (χ4n) is 2.99. The van der Waals surface area contributed by atoms with Gasteiger partial charge in [-0.05, 0) is 43.1 Å². The number of carbonyl (C=O) groups is 1. The predicted molar refractivity (Wildman–Crippen MR) is 95.7 cm³/mol. The Balaban J connectivity index is 2.08. The van der Waals surface area contributed by atoms with E-state index in [9.17, 15) is 18.0 Å². The van der Waals surface area contributed by atoms with E-state index in [0.717, 1.165) is 25.1 Å². The molecule has 3 N–H and O–H groups in total. The van der Waals surface area contributed by atoms with Crippen LogP contribution >= 0.6 is 0 Å². The molecule has 0 aromatic heterocycles. The molecule has 1 aromatic carbocycles. The van der Waals surface area contributed by atoms with Crippen molar-refractivity contribution in [1.29, 1.82) is 0 Å². The summed E-state index contributed by atoms with van der Waals surface area (Å²) in [5.74, 6) is -0.228. The number of benzene rings is 1. The van der Waals surface area contributed by atoms with Gasteiger partial charge in [0.1, 0.15) is 12.4 Å². The van der Waals surface area contributed by atoms with Gasteiger partial charge in [0.2, 0.25) is 5.91 Å². The molecule has 1 amide bonds. The number of nitrogens with zero attached hydrogens (tertiary/aromatic N) is 1. The van der Waals surface area contributed by atoms with Gasteiger partial charge in [-0.3, -0.25) is 9.69 Å². The maximum atomic E-state index is 13.0. The minimum atomic E-state index is -4.51. The van der Waals surface area contributed by atoms with Crippen molar-refractivity contribution in [2.75, 3.05) is 51.8 Å². The summed E-state index contributed by atoms with van der Waals surface area (Å²) in [6.45, 7) is 4.50. The number of hydrogen-bond acceptors (Lipinski definition) is 5. The van der Waals surface area contributed by atoms with Crippen molar-refractivity contribution in [3.63, 3.8) is 0 Å². The minimum Gasteiger partial charge on any atom is -0.489 e. The summed E-state index contributed by atoms with van der Waals surface area (Å²) in [7, 11) is 1.49.